The lowest BCUT2D eigenvalue weighted by atomic mass is 9.94. The van der Waals surface area contributed by atoms with Crippen molar-refractivity contribution in [2.45, 2.75) is 32.1 Å². The minimum Gasteiger partial charge on any atom is -0.463 e. The summed E-state index contributed by atoms with van der Waals surface area (Å²) < 4.78 is 5.15. The molecule has 0 saturated carbocycles. The molecule has 0 bridgehead atoms. The van der Waals surface area contributed by atoms with Crippen LogP contribution in [0.2, 0.25) is 0 Å². The lowest BCUT2D eigenvalue weighted by molar-refractivity contribution is -0.384. The number of hydrogen-bond acceptors (Lipinski definition) is 7. The molecule has 0 aliphatic carbocycles. The summed E-state index contributed by atoms with van der Waals surface area (Å²) in [5, 5.41) is 11.3. The number of allylic oxidation sites excluding steroid dienone is 1. The third-order valence-corrected chi connectivity index (χ3v) is 5.20. The number of aliphatic imine (C=N–C) groups is 1. The van der Waals surface area contributed by atoms with Crippen LogP contribution in [-0.2, 0) is 14.3 Å². The summed E-state index contributed by atoms with van der Waals surface area (Å²) >= 11 is 1.30. The van der Waals surface area contributed by atoms with E-state index in [1.54, 1.807) is 26.8 Å². The molecule has 1 saturated heterocycles. The molecule has 136 valence electrons. The number of rotatable bonds is 4. The summed E-state index contributed by atoms with van der Waals surface area (Å²) in [6.07, 6.45) is 0. The number of nitrogens with zero attached hydrogens (tertiary/aromatic N) is 3. The molecule has 1 amide bonds. The summed E-state index contributed by atoms with van der Waals surface area (Å²) in [7, 11) is 0. The van der Waals surface area contributed by atoms with Crippen LogP contribution in [0.15, 0.2) is 40.5 Å². The van der Waals surface area contributed by atoms with Crippen LogP contribution < -0.4 is 0 Å². The standard InChI is InChI=1S/C17H17N3O5S/c1-4-25-16(22)13-9(2)18-17-19(15(21)10(3)26-17)14(13)11-6-5-7-12(8-11)20(23)24/h5-8,10,14H,4H2,1-3H3/t10-,14+/m1/s1. The summed E-state index contributed by atoms with van der Waals surface area (Å²) in [5.74, 6) is -0.777. The number of nitro groups is 1. The second-order valence-corrected chi connectivity index (χ2v) is 7.14. The highest BCUT2D eigenvalue weighted by molar-refractivity contribution is 8.15. The average molecular weight is 375 g/mol. The smallest absolute Gasteiger partial charge is 0.338 e. The van der Waals surface area contributed by atoms with E-state index in [9.17, 15) is 19.7 Å². The van der Waals surface area contributed by atoms with Gasteiger partial charge < -0.3 is 4.74 Å². The Kier molecular flexibility index (Phi) is 4.82. The van der Waals surface area contributed by atoms with E-state index in [2.05, 4.69) is 4.99 Å². The van der Waals surface area contributed by atoms with Crippen LogP contribution in [0.5, 0.6) is 0 Å². The van der Waals surface area contributed by atoms with Crippen LogP contribution in [0, 0.1) is 10.1 Å². The van der Waals surface area contributed by atoms with Gasteiger partial charge in [-0.25, -0.2) is 9.79 Å². The lowest BCUT2D eigenvalue weighted by Crippen LogP contribution is -2.40. The molecule has 1 aromatic carbocycles. The molecule has 26 heavy (non-hydrogen) atoms. The molecular weight excluding hydrogens is 358 g/mol. The maximum atomic E-state index is 12.7. The third kappa shape index (κ3) is 2.98. The first kappa shape index (κ1) is 18.1. The van der Waals surface area contributed by atoms with Gasteiger partial charge in [0.15, 0.2) is 5.17 Å². The maximum Gasteiger partial charge on any atom is 0.338 e. The number of thioether (sulfide) groups is 1. The number of fused-ring (bicyclic) bond motifs is 1. The molecule has 2 atom stereocenters. The van der Waals surface area contributed by atoms with Crippen molar-refractivity contribution >= 4 is 34.5 Å². The van der Waals surface area contributed by atoms with Gasteiger partial charge in [0.1, 0.15) is 0 Å². The zero-order chi connectivity index (χ0) is 19.0. The van der Waals surface area contributed by atoms with Crippen LogP contribution in [0.1, 0.15) is 32.4 Å². The van der Waals surface area contributed by atoms with Crippen molar-refractivity contribution in [1.29, 1.82) is 0 Å². The molecule has 8 nitrogen and oxygen atoms in total. The van der Waals surface area contributed by atoms with E-state index in [4.69, 9.17) is 4.74 Å². The Hall–Kier alpha value is -2.68. The molecule has 2 heterocycles. The topological polar surface area (TPSA) is 102 Å². The van der Waals surface area contributed by atoms with Gasteiger partial charge in [0.2, 0.25) is 5.91 Å². The van der Waals surface area contributed by atoms with Gasteiger partial charge >= 0.3 is 5.97 Å². The minimum absolute atomic E-state index is 0.111. The van der Waals surface area contributed by atoms with Crippen molar-refractivity contribution in [3.8, 4) is 0 Å². The highest BCUT2D eigenvalue weighted by Gasteiger charge is 2.46. The number of ether oxygens (including phenoxy) is 1. The fourth-order valence-corrected chi connectivity index (χ4v) is 4.03. The van der Waals surface area contributed by atoms with Gasteiger partial charge in [0.05, 0.1) is 34.1 Å². The van der Waals surface area contributed by atoms with Gasteiger partial charge in [-0.15, -0.1) is 0 Å². The molecule has 1 aromatic rings. The van der Waals surface area contributed by atoms with Crippen molar-refractivity contribution in [2.24, 2.45) is 4.99 Å². The summed E-state index contributed by atoms with van der Waals surface area (Å²) in [4.78, 5) is 41.7. The molecular formula is C17H17N3O5S. The van der Waals surface area contributed by atoms with Gasteiger partial charge in [-0.2, -0.15) is 0 Å². The molecule has 9 heteroatoms. The van der Waals surface area contributed by atoms with Gasteiger partial charge in [0, 0.05) is 12.1 Å². The summed E-state index contributed by atoms with van der Waals surface area (Å²) in [6.45, 7) is 5.30. The molecule has 2 aliphatic heterocycles. The summed E-state index contributed by atoms with van der Waals surface area (Å²) in [5.41, 5.74) is 1.02. The Labute approximate surface area is 154 Å². The van der Waals surface area contributed by atoms with E-state index in [1.807, 2.05) is 0 Å². The fourth-order valence-electron chi connectivity index (χ4n) is 3.00. The van der Waals surface area contributed by atoms with E-state index in [1.165, 1.54) is 34.9 Å². The van der Waals surface area contributed by atoms with Crippen LogP contribution in [0.3, 0.4) is 0 Å². The number of amides is 1. The fraction of sp³-hybridized carbons (Fsp3) is 0.353. The van der Waals surface area contributed by atoms with Gasteiger partial charge in [-0.1, -0.05) is 23.9 Å². The van der Waals surface area contributed by atoms with E-state index in [0.29, 0.717) is 16.4 Å². The second-order valence-electron chi connectivity index (χ2n) is 5.84. The van der Waals surface area contributed by atoms with Gasteiger partial charge in [-0.05, 0) is 26.3 Å². The molecule has 3 rings (SSSR count). The molecule has 0 unspecified atom stereocenters. The number of amidine groups is 1. The SMILES string of the molecule is CCOC(=O)C1=C(C)N=C2S[C@H](C)C(=O)N2[C@H]1c1cccc([N+](=O)[O-])c1. The zero-order valence-electron chi connectivity index (χ0n) is 14.5. The first-order chi connectivity index (χ1) is 12.3. The molecule has 1 fully saturated rings. The summed E-state index contributed by atoms with van der Waals surface area (Å²) in [6, 6.07) is 5.14. The van der Waals surface area contributed by atoms with Crippen molar-refractivity contribution in [1.82, 2.24) is 4.90 Å². The van der Waals surface area contributed by atoms with Crippen molar-refractivity contribution in [2.75, 3.05) is 6.61 Å². The number of benzene rings is 1. The van der Waals surface area contributed by atoms with Crippen molar-refractivity contribution in [3.05, 3.63) is 51.2 Å². The highest BCUT2D eigenvalue weighted by Crippen LogP contribution is 2.43. The van der Waals surface area contributed by atoms with E-state index >= 15 is 0 Å². The third-order valence-electron chi connectivity index (χ3n) is 4.15. The minimum atomic E-state index is -0.800. The predicted molar refractivity (Wildman–Crippen MR) is 96.5 cm³/mol. The molecule has 0 N–H and O–H groups in total. The Balaban J connectivity index is 2.17. The Bertz CT molecular complexity index is 864. The van der Waals surface area contributed by atoms with Gasteiger partial charge in [0.25, 0.3) is 5.69 Å². The van der Waals surface area contributed by atoms with Crippen molar-refractivity contribution in [3.63, 3.8) is 0 Å². The largest absolute Gasteiger partial charge is 0.463 e. The van der Waals surface area contributed by atoms with Gasteiger partial charge in [-0.3, -0.25) is 19.8 Å². The first-order valence-electron chi connectivity index (χ1n) is 8.05. The number of esters is 1. The Morgan fingerprint density at radius 1 is 1.46 bits per heavy atom. The Morgan fingerprint density at radius 2 is 2.19 bits per heavy atom. The number of nitro benzene ring substituents is 1. The molecule has 0 spiro atoms. The normalized spacial score (nSPS) is 22.2. The number of hydrogen-bond donors (Lipinski definition) is 0. The van der Waals surface area contributed by atoms with Crippen LogP contribution >= 0.6 is 11.8 Å². The quantitative estimate of drug-likeness (QED) is 0.455. The molecule has 0 radical (unpaired) electrons. The second kappa shape index (κ2) is 6.91. The van der Waals surface area contributed by atoms with E-state index < -0.39 is 16.9 Å². The van der Waals surface area contributed by atoms with Crippen LogP contribution in [-0.4, -0.2) is 38.7 Å². The van der Waals surface area contributed by atoms with E-state index in [-0.39, 0.29) is 29.0 Å². The lowest BCUT2D eigenvalue weighted by Gasteiger charge is -2.32. The van der Waals surface area contributed by atoms with Crippen LogP contribution in [0.25, 0.3) is 0 Å². The van der Waals surface area contributed by atoms with E-state index in [0.717, 1.165) is 0 Å². The number of non-ortho nitro benzene ring substituents is 1. The average Bonchev–Trinajstić information content (AvgIpc) is 2.87. The molecule has 0 aromatic heterocycles. The maximum absolute atomic E-state index is 12.7. The van der Waals surface area contributed by atoms with Crippen molar-refractivity contribution < 1.29 is 19.2 Å². The number of carbonyl (C=O) groups excluding carboxylic acids is 2. The number of carbonyl (C=O) groups is 2. The Morgan fingerprint density at radius 3 is 2.85 bits per heavy atom. The highest BCUT2D eigenvalue weighted by atomic mass is 32.2. The predicted octanol–water partition coefficient (Wildman–Crippen LogP) is 2.81. The zero-order valence-corrected chi connectivity index (χ0v) is 15.3. The monoisotopic (exact) mass is 375 g/mol. The first-order valence-corrected chi connectivity index (χ1v) is 8.93. The molecule has 2 aliphatic rings. The van der Waals surface area contributed by atoms with Crippen LogP contribution in [0.4, 0.5) is 5.69 Å².